The maximum absolute atomic E-state index is 16.6. The number of fused-ring (bicyclic) bond motifs is 3. The van der Waals surface area contributed by atoms with E-state index >= 15 is 4.39 Å². The van der Waals surface area contributed by atoms with Gasteiger partial charge in [-0.3, -0.25) is 9.88 Å². The van der Waals surface area contributed by atoms with E-state index in [2.05, 4.69) is 41.0 Å². The minimum atomic E-state index is -0.433. The Kier molecular flexibility index (Phi) is 6.76. The van der Waals surface area contributed by atoms with Gasteiger partial charge in [-0.1, -0.05) is 43.3 Å². The molecule has 2 aromatic carbocycles. The molecule has 7 rings (SSSR count). The number of aromatic nitrogens is 3. The highest BCUT2D eigenvalue weighted by molar-refractivity contribution is 6.00. The van der Waals surface area contributed by atoms with Crippen molar-refractivity contribution in [3.05, 3.63) is 54.0 Å². The summed E-state index contributed by atoms with van der Waals surface area (Å²) >= 11 is 0. The monoisotopic (exact) mass is 541 g/mol. The van der Waals surface area contributed by atoms with Crippen molar-refractivity contribution < 1.29 is 13.9 Å². The fourth-order valence-electron chi connectivity index (χ4n) is 7.04. The lowest BCUT2D eigenvalue weighted by molar-refractivity contribution is 0.108. The summed E-state index contributed by atoms with van der Waals surface area (Å²) < 4.78 is 28.7. The number of hydrogen-bond donors (Lipinski definition) is 0. The molecule has 0 N–H and O–H groups in total. The van der Waals surface area contributed by atoms with E-state index in [9.17, 15) is 0 Å². The van der Waals surface area contributed by atoms with E-state index in [1.165, 1.54) is 18.4 Å². The molecular weight excluding hydrogens is 505 g/mol. The quantitative estimate of drug-likeness (QED) is 0.307. The highest BCUT2D eigenvalue weighted by Gasteiger charge is 2.45. The van der Waals surface area contributed by atoms with Gasteiger partial charge in [-0.25, -0.2) is 4.39 Å². The van der Waals surface area contributed by atoms with Gasteiger partial charge < -0.3 is 14.4 Å². The second-order valence-electron chi connectivity index (χ2n) is 11.3. The number of halogens is 1. The molecular formula is C32H36FN5O2. The third-order valence-electron chi connectivity index (χ3n) is 9.07. The molecule has 4 aromatic rings. The molecule has 0 saturated carbocycles. The SMILES string of the molecule is CCc1cccc2cccc(-c3ncc4c(N5CCCOCC5)nc(OCC56CCCN5CCC6)nc4c3F)c12. The molecule has 3 aliphatic heterocycles. The number of hydrogen-bond acceptors (Lipinski definition) is 7. The molecule has 3 aliphatic rings. The molecule has 2 aromatic heterocycles. The van der Waals surface area contributed by atoms with E-state index in [4.69, 9.17) is 24.4 Å². The molecule has 0 aliphatic carbocycles. The van der Waals surface area contributed by atoms with Crippen LogP contribution in [0.1, 0.15) is 44.6 Å². The maximum atomic E-state index is 16.6. The first-order valence-electron chi connectivity index (χ1n) is 14.7. The van der Waals surface area contributed by atoms with Crippen molar-refractivity contribution in [1.82, 2.24) is 19.9 Å². The Labute approximate surface area is 234 Å². The summed E-state index contributed by atoms with van der Waals surface area (Å²) in [6.07, 6.45) is 8.10. The first-order chi connectivity index (χ1) is 19.7. The summed E-state index contributed by atoms with van der Waals surface area (Å²) in [6, 6.07) is 12.5. The normalized spacial score (nSPS) is 19.3. The van der Waals surface area contributed by atoms with Gasteiger partial charge >= 0.3 is 6.01 Å². The second-order valence-corrected chi connectivity index (χ2v) is 11.3. The minimum Gasteiger partial charge on any atom is -0.461 e. The Morgan fingerprint density at radius 1 is 0.975 bits per heavy atom. The molecule has 40 heavy (non-hydrogen) atoms. The van der Waals surface area contributed by atoms with E-state index in [1.54, 1.807) is 6.20 Å². The minimum absolute atomic E-state index is 0.0520. The van der Waals surface area contributed by atoms with Crippen molar-refractivity contribution in [2.75, 3.05) is 50.9 Å². The number of ether oxygens (including phenoxy) is 2. The fourth-order valence-corrected chi connectivity index (χ4v) is 7.04. The first-order valence-corrected chi connectivity index (χ1v) is 14.7. The summed E-state index contributed by atoms with van der Waals surface area (Å²) in [6.45, 7) is 7.65. The summed E-state index contributed by atoms with van der Waals surface area (Å²) in [5.74, 6) is 0.236. The van der Waals surface area contributed by atoms with Crippen LogP contribution in [0, 0.1) is 5.82 Å². The van der Waals surface area contributed by atoms with Gasteiger partial charge in [-0.2, -0.15) is 9.97 Å². The summed E-state index contributed by atoms with van der Waals surface area (Å²) in [4.78, 5) is 19.0. The number of nitrogens with zero attached hydrogens (tertiary/aromatic N) is 5. The summed E-state index contributed by atoms with van der Waals surface area (Å²) in [5, 5.41) is 2.72. The largest absolute Gasteiger partial charge is 0.461 e. The number of anilines is 1. The lowest BCUT2D eigenvalue weighted by atomic mass is 9.95. The molecule has 0 spiro atoms. The smallest absolute Gasteiger partial charge is 0.319 e. The van der Waals surface area contributed by atoms with Crippen LogP contribution in [0.3, 0.4) is 0 Å². The highest BCUT2D eigenvalue weighted by atomic mass is 19.1. The van der Waals surface area contributed by atoms with Crippen molar-refractivity contribution in [3.8, 4) is 17.3 Å². The van der Waals surface area contributed by atoms with Crippen LogP contribution in [0.25, 0.3) is 32.9 Å². The topological polar surface area (TPSA) is 63.6 Å². The summed E-state index contributed by atoms with van der Waals surface area (Å²) in [5.41, 5.74) is 2.57. The highest BCUT2D eigenvalue weighted by Crippen LogP contribution is 2.40. The van der Waals surface area contributed by atoms with Gasteiger partial charge in [0.05, 0.1) is 17.5 Å². The van der Waals surface area contributed by atoms with Gasteiger partial charge in [-0.05, 0) is 68.0 Å². The van der Waals surface area contributed by atoms with Gasteiger partial charge in [-0.15, -0.1) is 0 Å². The van der Waals surface area contributed by atoms with Crippen LogP contribution in [-0.4, -0.2) is 71.4 Å². The molecule has 0 amide bonds. The van der Waals surface area contributed by atoms with Crippen LogP contribution in [0.5, 0.6) is 6.01 Å². The molecule has 7 nitrogen and oxygen atoms in total. The molecule has 0 atom stereocenters. The third kappa shape index (κ3) is 4.38. The zero-order chi connectivity index (χ0) is 27.1. The molecule has 3 fully saturated rings. The average Bonchev–Trinajstić information content (AvgIpc) is 3.45. The number of pyridine rings is 1. The van der Waals surface area contributed by atoms with Gasteiger partial charge in [0.25, 0.3) is 0 Å². The number of rotatable bonds is 6. The van der Waals surface area contributed by atoms with Crippen molar-refractivity contribution in [1.29, 1.82) is 0 Å². The van der Waals surface area contributed by atoms with Gasteiger partial charge in [0.15, 0.2) is 5.82 Å². The Morgan fingerprint density at radius 3 is 2.62 bits per heavy atom. The van der Waals surface area contributed by atoms with E-state index in [0.29, 0.717) is 43.3 Å². The standard InChI is InChI=1S/C32H36FN5O2/c1-2-22-8-3-9-23-10-4-11-24(26(22)23)28-27(33)29-25(20-34-28)30(37-14-7-18-39-19-17-37)36-31(35-29)40-21-32-12-5-15-38(32)16-6-13-32/h3-4,8-11,20H,2,5-7,12-19,21H2,1H3. The predicted octanol–water partition coefficient (Wildman–Crippen LogP) is 5.78. The van der Waals surface area contributed by atoms with E-state index in [0.717, 1.165) is 61.7 Å². The van der Waals surface area contributed by atoms with Crippen LogP contribution in [0.15, 0.2) is 42.6 Å². The van der Waals surface area contributed by atoms with Gasteiger partial charge in [0.1, 0.15) is 23.6 Å². The lowest BCUT2D eigenvalue weighted by Crippen LogP contribution is -2.43. The van der Waals surface area contributed by atoms with E-state index in [1.807, 2.05) is 12.1 Å². The Hall–Kier alpha value is -3.36. The van der Waals surface area contributed by atoms with Crippen molar-refractivity contribution in [2.24, 2.45) is 0 Å². The number of aryl methyl sites for hydroxylation is 1. The second kappa shape index (κ2) is 10.6. The van der Waals surface area contributed by atoms with Crippen LogP contribution < -0.4 is 9.64 Å². The third-order valence-corrected chi connectivity index (χ3v) is 9.07. The zero-order valence-corrected chi connectivity index (χ0v) is 23.2. The molecule has 0 bridgehead atoms. The van der Waals surface area contributed by atoms with Crippen LogP contribution in [0.4, 0.5) is 10.2 Å². The fraction of sp³-hybridized carbons (Fsp3) is 0.469. The molecule has 208 valence electrons. The Morgan fingerprint density at radius 2 is 1.80 bits per heavy atom. The summed E-state index contributed by atoms with van der Waals surface area (Å²) in [7, 11) is 0. The van der Waals surface area contributed by atoms with Crippen molar-refractivity contribution >= 4 is 27.5 Å². The average molecular weight is 542 g/mol. The van der Waals surface area contributed by atoms with Crippen LogP contribution in [0.2, 0.25) is 0 Å². The van der Waals surface area contributed by atoms with E-state index in [-0.39, 0.29) is 17.1 Å². The molecule has 0 radical (unpaired) electrons. The zero-order valence-electron chi connectivity index (χ0n) is 23.2. The molecule has 8 heteroatoms. The Balaban J connectivity index is 1.36. The lowest BCUT2D eigenvalue weighted by Gasteiger charge is -2.31. The molecule has 5 heterocycles. The van der Waals surface area contributed by atoms with E-state index < -0.39 is 5.82 Å². The molecule has 3 saturated heterocycles. The number of benzene rings is 2. The van der Waals surface area contributed by atoms with Crippen molar-refractivity contribution in [2.45, 2.75) is 51.0 Å². The first kappa shape index (κ1) is 25.6. The van der Waals surface area contributed by atoms with Gasteiger partial charge in [0, 0.05) is 31.5 Å². The van der Waals surface area contributed by atoms with Crippen LogP contribution >= 0.6 is 0 Å². The van der Waals surface area contributed by atoms with Gasteiger partial charge in [0.2, 0.25) is 0 Å². The van der Waals surface area contributed by atoms with Crippen molar-refractivity contribution in [3.63, 3.8) is 0 Å². The molecule has 0 unspecified atom stereocenters. The maximum Gasteiger partial charge on any atom is 0.319 e. The van der Waals surface area contributed by atoms with Crippen LogP contribution in [-0.2, 0) is 11.2 Å². The predicted molar refractivity (Wildman–Crippen MR) is 156 cm³/mol. The Bertz CT molecular complexity index is 1540.